The molecule has 172 valence electrons. The van der Waals surface area contributed by atoms with Crippen molar-refractivity contribution in [3.05, 3.63) is 82.1 Å². The van der Waals surface area contributed by atoms with Crippen molar-refractivity contribution in [3.63, 3.8) is 0 Å². The normalized spacial score (nSPS) is 17.9. The number of anilines is 1. The minimum atomic E-state index is -1.35. The zero-order valence-electron chi connectivity index (χ0n) is 18.3. The summed E-state index contributed by atoms with van der Waals surface area (Å²) in [5.41, 5.74) is 0.371. The Labute approximate surface area is 194 Å². The minimum Gasteiger partial charge on any atom is -0.495 e. The van der Waals surface area contributed by atoms with Crippen LogP contribution in [0, 0.1) is 24.0 Å². The van der Waals surface area contributed by atoms with Gasteiger partial charge in [-0.25, -0.2) is 24.7 Å². The summed E-state index contributed by atoms with van der Waals surface area (Å²) in [6.45, 7) is 11.3. The van der Waals surface area contributed by atoms with Crippen molar-refractivity contribution in [2.24, 2.45) is 4.99 Å². The van der Waals surface area contributed by atoms with E-state index in [-0.39, 0.29) is 16.8 Å². The molecule has 2 aromatic carbocycles. The van der Waals surface area contributed by atoms with Crippen LogP contribution in [0.3, 0.4) is 0 Å². The standard InChI is InChI=1S/C24H22F3N3O2S/c1-5-10-33-24-22(28-3)21(14-11-16(26)17(27)12-15(14)25)20(13(2)29-24)23(31)30-18-8-6-7-9-19(18)32-4/h6-9,11-12,21-22H,5,10H2,1-2,4H3,(H,30,31). The number of halogens is 3. The number of methoxy groups -OCH3 is 1. The number of ether oxygens (including phenoxy) is 1. The second kappa shape index (κ2) is 10.6. The zero-order valence-corrected chi connectivity index (χ0v) is 19.1. The highest BCUT2D eigenvalue weighted by Crippen LogP contribution is 2.41. The molecule has 3 rings (SSSR count). The number of nitrogens with one attached hydrogen (secondary N) is 1. The fourth-order valence-corrected chi connectivity index (χ4v) is 4.59. The van der Waals surface area contributed by atoms with E-state index in [1.807, 2.05) is 6.92 Å². The van der Waals surface area contributed by atoms with E-state index in [1.54, 1.807) is 31.2 Å². The fraction of sp³-hybridized carbons (Fsp3) is 0.292. The highest BCUT2D eigenvalue weighted by atomic mass is 32.2. The van der Waals surface area contributed by atoms with E-state index < -0.39 is 35.3 Å². The van der Waals surface area contributed by atoms with Gasteiger partial charge in [-0.15, -0.1) is 11.8 Å². The van der Waals surface area contributed by atoms with Crippen LogP contribution in [0.15, 0.2) is 52.7 Å². The molecule has 9 heteroatoms. The molecule has 0 radical (unpaired) electrons. The van der Waals surface area contributed by atoms with Crippen molar-refractivity contribution in [3.8, 4) is 5.75 Å². The SMILES string of the molecule is [C-]#[N+]C1C(SCCC)=NC(C)=C(C(=O)Nc2ccccc2OC)C1c1cc(F)c(F)cc1F. The van der Waals surface area contributed by atoms with Crippen molar-refractivity contribution in [2.45, 2.75) is 32.2 Å². The van der Waals surface area contributed by atoms with Gasteiger partial charge in [0.1, 0.15) is 17.5 Å². The van der Waals surface area contributed by atoms with Gasteiger partial charge in [-0.1, -0.05) is 19.1 Å². The van der Waals surface area contributed by atoms with Crippen molar-refractivity contribution in [2.75, 3.05) is 18.2 Å². The number of amides is 1. The first-order chi connectivity index (χ1) is 15.8. The van der Waals surface area contributed by atoms with Gasteiger partial charge in [-0.2, -0.15) is 0 Å². The first-order valence-corrected chi connectivity index (χ1v) is 11.2. The number of hydrogen-bond acceptors (Lipinski definition) is 4. The molecule has 2 aromatic rings. The van der Waals surface area contributed by atoms with Crippen molar-refractivity contribution >= 4 is 28.4 Å². The van der Waals surface area contributed by atoms with Gasteiger partial charge in [0.05, 0.1) is 18.4 Å². The summed E-state index contributed by atoms with van der Waals surface area (Å²) >= 11 is 1.33. The molecule has 1 N–H and O–H groups in total. The predicted molar refractivity (Wildman–Crippen MR) is 124 cm³/mol. The molecule has 0 spiro atoms. The van der Waals surface area contributed by atoms with Crippen molar-refractivity contribution < 1.29 is 22.7 Å². The molecule has 1 aliphatic rings. The quantitative estimate of drug-likeness (QED) is 0.417. The average Bonchev–Trinajstić information content (AvgIpc) is 2.79. The van der Waals surface area contributed by atoms with Gasteiger partial charge < -0.3 is 14.9 Å². The summed E-state index contributed by atoms with van der Waals surface area (Å²) in [4.78, 5) is 21.5. The van der Waals surface area contributed by atoms with E-state index >= 15 is 0 Å². The van der Waals surface area contributed by atoms with Crippen molar-refractivity contribution in [1.82, 2.24) is 0 Å². The Morgan fingerprint density at radius 3 is 2.58 bits per heavy atom. The van der Waals surface area contributed by atoms with Crippen LogP contribution in [-0.4, -0.2) is 29.9 Å². The number of rotatable bonds is 6. The average molecular weight is 474 g/mol. The number of carbonyl (C=O) groups excluding carboxylic acids is 1. The molecule has 1 aliphatic heterocycles. The van der Waals surface area contributed by atoms with Crippen LogP contribution >= 0.6 is 11.8 Å². The molecule has 5 nitrogen and oxygen atoms in total. The third-order valence-corrected chi connectivity index (χ3v) is 6.36. The fourth-order valence-electron chi connectivity index (χ4n) is 3.62. The van der Waals surface area contributed by atoms with Crippen LogP contribution in [0.5, 0.6) is 5.75 Å². The number of thioether (sulfide) groups is 1. The molecule has 1 heterocycles. The Morgan fingerprint density at radius 1 is 1.21 bits per heavy atom. The lowest BCUT2D eigenvalue weighted by molar-refractivity contribution is -0.113. The topological polar surface area (TPSA) is 55.0 Å². The van der Waals surface area contributed by atoms with Gasteiger partial charge in [0, 0.05) is 17.3 Å². The third-order valence-electron chi connectivity index (χ3n) is 5.12. The first-order valence-electron chi connectivity index (χ1n) is 10.2. The predicted octanol–water partition coefficient (Wildman–Crippen LogP) is 5.95. The van der Waals surface area contributed by atoms with Gasteiger partial charge in [0.2, 0.25) is 0 Å². The third kappa shape index (κ3) is 5.06. The van der Waals surface area contributed by atoms with E-state index in [9.17, 15) is 18.0 Å². The van der Waals surface area contributed by atoms with E-state index in [0.29, 0.717) is 34.4 Å². The van der Waals surface area contributed by atoms with Crippen LogP contribution < -0.4 is 10.1 Å². The summed E-state index contributed by atoms with van der Waals surface area (Å²) in [5, 5.41) is 3.13. The lowest BCUT2D eigenvalue weighted by Crippen LogP contribution is -2.34. The lowest BCUT2D eigenvalue weighted by Gasteiger charge is -2.27. The maximum absolute atomic E-state index is 14.9. The summed E-state index contributed by atoms with van der Waals surface area (Å²) in [5.74, 6) is -4.39. The number of allylic oxidation sites excluding steroid dienone is 1. The molecule has 0 aromatic heterocycles. The minimum absolute atomic E-state index is 0.00710. The number of hydrogen-bond donors (Lipinski definition) is 1. The van der Waals surface area contributed by atoms with E-state index in [0.717, 1.165) is 6.42 Å². The zero-order chi connectivity index (χ0) is 24.1. The Kier molecular flexibility index (Phi) is 7.82. The number of aliphatic imine (C=N–C) groups is 1. The molecule has 0 saturated heterocycles. The van der Waals surface area contributed by atoms with E-state index in [4.69, 9.17) is 11.3 Å². The molecule has 0 bridgehead atoms. The number of para-hydroxylation sites is 2. The van der Waals surface area contributed by atoms with Gasteiger partial charge in [-0.3, -0.25) is 4.79 Å². The van der Waals surface area contributed by atoms with E-state index in [1.165, 1.54) is 18.9 Å². The second-order valence-electron chi connectivity index (χ2n) is 7.29. The summed E-state index contributed by atoms with van der Waals surface area (Å²) in [6.07, 6.45) is 0.808. The van der Waals surface area contributed by atoms with Crippen molar-refractivity contribution in [1.29, 1.82) is 0 Å². The molecule has 0 fully saturated rings. The number of nitrogens with zero attached hydrogens (tertiary/aromatic N) is 2. The Morgan fingerprint density at radius 2 is 1.91 bits per heavy atom. The molecule has 33 heavy (non-hydrogen) atoms. The molecule has 0 saturated carbocycles. The Hall–Kier alpha value is -3.25. The van der Waals surface area contributed by atoms with Crippen LogP contribution in [0.1, 0.15) is 31.7 Å². The lowest BCUT2D eigenvalue weighted by atomic mass is 9.81. The van der Waals surface area contributed by atoms with Crippen LogP contribution in [0.2, 0.25) is 0 Å². The summed E-state index contributed by atoms with van der Waals surface area (Å²) < 4.78 is 47.9. The maximum Gasteiger partial charge on any atom is 0.282 e. The molecule has 1 amide bonds. The second-order valence-corrected chi connectivity index (χ2v) is 8.41. The number of benzene rings is 2. The Bertz CT molecular complexity index is 1170. The first kappa shape index (κ1) is 24.4. The highest BCUT2D eigenvalue weighted by molar-refractivity contribution is 8.14. The van der Waals surface area contributed by atoms with Gasteiger partial charge in [0.15, 0.2) is 16.7 Å². The smallest absolute Gasteiger partial charge is 0.282 e. The largest absolute Gasteiger partial charge is 0.495 e. The molecule has 2 atom stereocenters. The highest BCUT2D eigenvalue weighted by Gasteiger charge is 2.44. The monoisotopic (exact) mass is 473 g/mol. The Balaban J connectivity index is 2.16. The summed E-state index contributed by atoms with van der Waals surface area (Å²) in [6, 6.07) is 6.79. The van der Waals surface area contributed by atoms with Gasteiger partial charge >= 0.3 is 0 Å². The van der Waals surface area contributed by atoms with Gasteiger partial charge in [-0.05, 0) is 37.3 Å². The molecular formula is C24H22F3N3O2S. The van der Waals surface area contributed by atoms with Gasteiger partial charge in [0.25, 0.3) is 11.9 Å². The van der Waals surface area contributed by atoms with Crippen LogP contribution in [-0.2, 0) is 4.79 Å². The van der Waals surface area contributed by atoms with E-state index in [2.05, 4.69) is 15.2 Å². The summed E-state index contributed by atoms with van der Waals surface area (Å²) in [7, 11) is 1.45. The van der Waals surface area contributed by atoms with Crippen LogP contribution in [0.4, 0.5) is 18.9 Å². The van der Waals surface area contributed by atoms with Crippen LogP contribution in [0.25, 0.3) is 4.85 Å². The molecular weight excluding hydrogens is 451 g/mol. The maximum atomic E-state index is 14.9. The molecule has 2 unspecified atom stereocenters. The molecule has 0 aliphatic carbocycles. The number of carbonyl (C=O) groups is 1.